The van der Waals surface area contributed by atoms with E-state index in [9.17, 15) is 22.5 Å². The molecule has 0 aliphatic heterocycles. The second-order valence-corrected chi connectivity index (χ2v) is 11.7. The van der Waals surface area contributed by atoms with E-state index in [1.54, 1.807) is 11.5 Å². The molecule has 0 saturated heterocycles. The van der Waals surface area contributed by atoms with E-state index in [2.05, 4.69) is 28.3 Å². The average molecular weight is 514 g/mol. The molecule has 2 unspecified atom stereocenters. The molecule has 0 fully saturated rings. The first-order valence-corrected chi connectivity index (χ1v) is 12.7. The molecule has 1 aromatic carbocycles. The molecule has 0 saturated carbocycles. The number of hydrogen-bond acceptors (Lipinski definition) is 5. The number of aliphatic hydroxyl groups is 1. The Morgan fingerprint density at radius 3 is 2.68 bits per heavy atom. The fourth-order valence-electron chi connectivity index (χ4n) is 2.71. The summed E-state index contributed by atoms with van der Waals surface area (Å²) in [5.41, 5.74) is -0.735. The lowest BCUT2D eigenvalue weighted by atomic mass is 10.2. The monoisotopic (exact) mass is 513 g/mol. The molecule has 2 atom stereocenters. The topological polar surface area (TPSA) is 92.9 Å². The van der Waals surface area contributed by atoms with Crippen LogP contribution >= 0.6 is 31.6 Å². The van der Waals surface area contributed by atoms with Crippen LogP contribution < -0.4 is 4.72 Å². The van der Waals surface area contributed by atoms with Crippen LogP contribution in [0.2, 0.25) is 10.0 Å². The van der Waals surface area contributed by atoms with E-state index in [1.165, 1.54) is 24.7 Å². The van der Waals surface area contributed by atoms with Gasteiger partial charge in [0.25, 0.3) is 0 Å². The zero-order valence-corrected chi connectivity index (χ0v) is 19.4. The quantitative estimate of drug-likeness (QED) is 0.335. The highest BCUT2D eigenvalue weighted by Crippen LogP contribution is 2.39. The number of pyridine rings is 1. The van der Waals surface area contributed by atoms with E-state index < -0.39 is 26.5 Å². The minimum Gasteiger partial charge on any atom is -0.394 e. The number of aliphatic hydroxyl groups excluding tert-OH is 1. The standard InChI is InChI=1S/C17H17Cl2F3N5O2PS/c1-9(7-28)27-8-24-25-16(27)15-14(4-10(18)6-23-15)26-31(29,30)11-2-3-13(19)12(5-11)17(20,21)22/h2-6,8-9,28,31H,7,30H2,1H3,(H,26,29). The zero-order chi connectivity index (χ0) is 23.0. The van der Waals surface area contributed by atoms with Gasteiger partial charge in [-0.25, -0.2) is 4.98 Å². The molecule has 14 heteroatoms. The molecule has 0 aliphatic rings. The Bertz CT molecular complexity index is 1160. The van der Waals surface area contributed by atoms with Crippen molar-refractivity contribution >= 4 is 47.1 Å². The third-order valence-electron chi connectivity index (χ3n) is 4.30. The van der Waals surface area contributed by atoms with Gasteiger partial charge in [-0.1, -0.05) is 23.2 Å². The van der Waals surface area contributed by atoms with Crippen molar-refractivity contribution in [2.45, 2.75) is 24.0 Å². The maximum atomic E-state index is 13.4. The van der Waals surface area contributed by atoms with Crippen LogP contribution in [0, 0.1) is 0 Å². The van der Waals surface area contributed by atoms with Crippen molar-refractivity contribution in [1.29, 1.82) is 0 Å². The Kier molecular flexibility index (Phi) is 6.93. The van der Waals surface area contributed by atoms with Gasteiger partial charge < -0.3 is 14.4 Å². The third kappa shape index (κ3) is 5.18. The lowest BCUT2D eigenvalue weighted by Gasteiger charge is -2.25. The van der Waals surface area contributed by atoms with Gasteiger partial charge in [0.1, 0.15) is 12.0 Å². The Balaban J connectivity index is 2.07. The highest BCUT2D eigenvalue weighted by Gasteiger charge is 2.34. The van der Waals surface area contributed by atoms with Gasteiger partial charge in [0.2, 0.25) is 0 Å². The van der Waals surface area contributed by atoms with Crippen molar-refractivity contribution in [3.63, 3.8) is 0 Å². The van der Waals surface area contributed by atoms with Gasteiger partial charge in [0.15, 0.2) is 5.82 Å². The summed E-state index contributed by atoms with van der Waals surface area (Å²) in [5.74, 6) is 0.248. The molecule has 0 spiro atoms. The van der Waals surface area contributed by atoms with Crippen LogP contribution in [0.15, 0.2) is 41.7 Å². The highest BCUT2D eigenvalue weighted by atomic mass is 35.5. The molecule has 0 amide bonds. The van der Waals surface area contributed by atoms with Crippen molar-refractivity contribution in [2.24, 2.45) is 0 Å². The second-order valence-electron chi connectivity index (χ2n) is 6.57. The van der Waals surface area contributed by atoms with E-state index >= 15 is 0 Å². The first-order chi connectivity index (χ1) is 14.4. The zero-order valence-electron chi connectivity index (χ0n) is 15.8. The summed E-state index contributed by atoms with van der Waals surface area (Å²) in [7, 11) is -1.62. The summed E-state index contributed by atoms with van der Waals surface area (Å²) in [6, 6.07) is 4.05. The van der Waals surface area contributed by atoms with Gasteiger partial charge in [-0.2, -0.15) is 13.2 Å². The van der Waals surface area contributed by atoms with Gasteiger partial charge in [-0.05, 0) is 49.4 Å². The number of hydrogen-bond donors (Lipinski definition) is 3. The Morgan fingerprint density at radius 1 is 1.32 bits per heavy atom. The predicted molar refractivity (Wildman–Crippen MR) is 118 cm³/mol. The minimum absolute atomic E-state index is 0.120. The van der Waals surface area contributed by atoms with Crippen molar-refractivity contribution in [3.8, 4) is 11.5 Å². The van der Waals surface area contributed by atoms with Gasteiger partial charge in [-0.3, -0.25) is 4.21 Å². The second kappa shape index (κ2) is 8.99. The lowest BCUT2D eigenvalue weighted by Crippen LogP contribution is -2.18. The molecule has 7 nitrogen and oxygen atoms in total. The lowest BCUT2D eigenvalue weighted by molar-refractivity contribution is -0.137. The number of anilines is 1. The SMILES string of the molecule is CC(CO)n1cnnc1-c1ncc(Cl)cc1N[SH](=O)(P)c1ccc(Cl)c(C(F)(F)F)c1. The van der Waals surface area contributed by atoms with E-state index in [1.807, 2.05) is 0 Å². The molecule has 2 N–H and O–H groups in total. The molecule has 31 heavy (non-hydrogen) atoms. The Hall–Kier alpha value is -1.78. The van der Waals surface area contributed by atoms with Crippen LogP contribution in [-0.2, 0) is 15.9 Å². The number of nitrogens with zero attached hydrogens (tertiary/aromatic N) is 4. The van der Waals surface area contributed by atoms with Crippen molar-refractivity contribution in [3.05, 3.63) is 52.4 Å². The van der Waals surface area contributed by atoms with E-state index in [-0.39, 0.29) is 39.8 Å². The molecular weight excluding hydrogens is 497 g/mol. The number of thiol groups is 1. The fraction of sp³-hybridized carbons (Fsp3) is 0.235. The van der Waals surface area contributed by atoms with Crippen LogP contribution in [0.5, 0.6) is 0 Å². The number of benzene rings is 1. The first-order valence-electron chi connectivity index (χ1n) is 8.64. The molecular formula is C17H17Cl2F3N5O2PS. The number of rotatable bonds is 6. The summed E-state index contributed by atoms with van der Waals surface area (Å²) < 4.78 is 57.4. The van der Waals surface area contributed by atoms with Crippen LogP contribution in [0.3, 0.4) is 0 Å². The summed E-state index contributed by atoms with van der Waals surface area (Å²) in [4.78, 5) is 4.10. The molecule has 0 aliphatic carbocycles. The maximum absolute atomic E-state index is 13.4. The normalized spacial score (nSPS) is 13.8. The van der Waals surface area contributed by atoms with Crippen LogP contribution in [0.25, 0.3) is 11.5 Å². The molecule has 3 rings (SSSR count). The summed E-state index contributed by atoms with van der Waals surface area (Å²) in [6.45, 7) is 1.53. The third-order valence-corrected chi connectivity index (χ3v) is 7.74. The van der Waals surface area contributed by atoms with E-state index in [4.69, 9.17) is 23.2 Å². The molecule has 2 heterocycles. The van der Waals surface area contributed by atoms with Gasteiger partial charge in [-0.15, -0.1) is 10.2 Å². The Labute approximate surface area is 188 Å². The van der Waals surface area contributed by atoms with Crippen LogP contribution in [-0.4, -0.2) is 35.7 Å². The highest BCUT2D eigenvalue weighted by molar-refractivity contribution is 8.46. The molecule has 0 radical (unpaired) electrons. The maximum Gasteiger partial charge on any atom is 0.417 e. The van der Waals surface area contributed by atoms with E-state index in [0.717, 1.165) is 12.1 Å². The molecule has 2 aromatic heterocycles. The molecule has 3 aromatic rings. The smallest absolute Gasteiger partial charge is 0.394 e. The van der Waals surface area contributed by atoms with Crippen LogP contribution in [0.1, 0.15) is 18.5 Å². The molecule has 168 valence electrons. The van der Waals surface area contributed by atoms with Crippen molar-refractivity contribution in [1.82, 2.24) is 19.7 Å². The van der Waals surface area contributed by atoms with Crippen molar-refractivity contribution < 1.29 is 22.5 Å². The largest absolute Gasteiger partial charge is 0.417 e. The summed E-state index contributed by atoms with van der Waals surface area (Å²) >= 11 is 11.7. The van der Waals surface area contributed by atoms with Gasteiger partial charge >= 0.3 is 6.18 Å². The Morgan fingerprint density at radius 2 is 2.03 bits per heavy atom. The average Bonchev–Trinajstić information content (AvgIpc) is 3.16. The summed E-state index contributed by atoms with van der Waals surface area (Å²) in [6.07, 6.45) is -1.98. The van der Waals surface area contributed by atoms with Gasteiger partial charge in [0, 0.05) is 11.1 Å². The first kappa shape index (κ1) is 23.9. The predicted octanol–water partition coefficient (Wildman–Crippen LogP) is 4.41. The number of alkyl halides is 3. The minimum atomic E-state index is -4.71. The van der Waals surface area contributed by atoms with Crippen LogP contribution in [0.4, 0.5) is 18.9 Å². The summed E-state index contributed by atoms with van der Waals surface area (Å²) in [5, 5.41) is 17.0. The van der Waals surface area contributed by atoms with E-state index in [0.29, 0.717) is 0 Å². The number of aromatic nitrogens is 4. The number of halogens is 5. The fourth-order valence-corrected chi connectivity index (χ4v) is 5.26. The van der Waals surface area contributed by atoms with Gasteiger partial charge in [0.05, 0.1) is 33.9 Å². The number of nitrogens with one attached hydrogen (secondary N) is 1. The molecule has 0 bridgehead atoms. The van der Waals surface area contributed by atoms with Crippen molar-refractivity contribution in [2.75, 3.05) is 11.3 Å².